The highest BCUT2D eigenvalue weighted by molar-refractivity contribution is 6.14. The highest BCUT2D eigenvalue weighted by atomic mass is 14.4. The summed E-state index contributed by atoms with van der Waals surface area (Å²) in [6.07, 6.45) is 3.75. The molecule has 0 aromatic carbocycles. The standard InChI is InChI=1S/C14H29B/c1-8-12(9-2)14(7,10-3)11(4)13(5,6)15/h11-12H,8-10H2,1-7H3/t11?,14-/m0/s1. The summed E-state index contributed by atoms with van der Waals surface area (Å²) < 4.78 is 0. The Kier molecular flexibility index (Phi) is 5.43. The van der Waals surface area contributed by atoms with E-state index in [0.29, 0.717) is 11.3 Å². The van der Waals surface area contributed by atoms with Crippen molar-refractivity contribution in [1.29, 1.82) is 0 Å². The van der Waals surface area contributed by atoms with Crippen molar-refractivity contribution in [2.24, 2.45) is 17.3 Å². The van der Waals surface area contributed by atoms with Crippen LogP contribution < -0.4 is 0 Å². The summed E-state index contributed by atoms with van der Waals surface area (Å²) in [7, 11) is 6.29. The van der Waals surface area contributed by atoms with Crippen LogP contribution in [0, 0.1) is 17.3 Å². The number of hydrogen-bond donors (Lipinski definition) is 0. The lowest BCUT2D eigenvalue weighted by atomic mass is 9.51. The maximum atomic E-state index is 6.29. The molecule has 0 saturated heterocycles. The Morgan fingerprint density at radius 3 is 1.60 bits per heavy atom. The van der Waals surface area contributed by atoms with Gasteiger partial charge in [-0.1, -0.05) is 73.0 Å². The van der Waals surface area contributed by atoms with E-state index in [1.54, 1.807) is 0 Å². The maximum Gasteiger partial charge on any atom is 0.0742 e. The van der Waals surface area contributed by atoms with Gasteiger partial charge >= 0.3 is 0 Å². The second-order valence-electron chi connectivity index (χ2n) is 5.92. The van der Waals surface area contributed by atoms with E-state index in [1.807, 2.05) is 0 Å². The predicted octanol–water partition coefficient (Wildman–Crippen LogP) is 4.84. The molecule has 1 unspecified atom stereocenters. The van der Waals surface area contributed by atoms with Crippen LogP contribution in [-0.4, -0.2) is 7.85 Å². The van der Waals surface area contributed by atoms with E-state index < -0.39 is 0 Å². The maximum absolute atomic E-state index is 6.29. The van der Waals surface area contributed by atoms with Gasteiger partial charge in [-0.15, -0.1) is 0 Å². The fourth-order valence-electron chi connectivity index (χ4n) is 3.02. The van der Waals surface area contributed by atoms with Crippen molar-refractivity contribution >= 4 is 7.85 Å². The van der Waals surface area contributed by atoms with Gasteiger partial charge in [-0.3, -0.25) is 0 Å². The Morgan fingerprint density at radius 2 is 1.40 bits per heavy atom. The van der Waals surface area contributed by atoms with Crippen LogP contribution in [0.25, 0.3) is 0 Å². The monoisotopic (exact) mass is 208 g/mol. The van der Waals surface area contributed by atoms with Gasteiger partial charge in [-0.05, 0) is 17.3 Å². The Labute approximate surface area is 98.6 Å². The van der Waals surface area contributed by atoms with Crippen LogP contribution in [0.5, 0.6) is 0 Å². The highest BCUT2D eigenvalue weighted by Crippen LogP contribution is 2.51. The van der Waals surface area contributed by atoms with Crippen LogP contribution in [0.3, 0.4) is 0 Å². The van der Waals surface area contributed by atoms with Crippen molar-refractivity contribution in [3.8, 4) is 0 Å². The zero-order chi connectivity index (χ0) is 12.3. The van der Waals surface area contributed by atoms with E-state index in [2.05, 4.69) is 48.5 Å². The van der Waals surface area contributed by atoms with Crippen molar-refractivity contribution in [3.05, 3.63) is 0 Å². The summed E-state index contributed by atoms with van der Waals surface area (Å²) in [5.74, 6) is 1.35. The molecule has 0 heterocycles. The molecule has 0 amide bonds. The fraction of sp³-hybridized carbons (Fsp3) is 1.00. The molecule has 0 aliphatic heterocycles. The predicted molar refractivity (Wildman–Crippen MR) is 71.4 cm³/mol. The molecular weight excluding hydrogens is 179 g/mol. The van der Waals surface area contributed by atoms with E-state index in [0.717, 1.165) is 5.92 Å². The first-order chi connectivity index (χ1) is 6.73. The van der Waals surface area contributed by atoms with E-state index in [1.165, 1.54) is 19.3 Å². The average molecular weight is 208 g/mol. The van der Waals surface area contributed by atoms with Gasteiger partial charge in [-0.2, -0.15) is 0 Å². The van der Waals surface area contributed by atoms with Crippen molar-refractivity contribution in [2.45, 2.75) is 73.0 Å². The summed E-state index contributed by atoms with van der Waals surface area (Å²) in [6, 6.07) is 0. The van der Waals surface area contributed by atoms with Crippen molar-refractivity contribution < 1.29 is 0 Å². The van der Waals surface area contributed by atoms with E-state index >= 15 is 0 Å². The quantitative estimate of drug-likeness (QED) is 0.548. The molecule has 88 valence electrons. The third-order valence-corrected chi connectivity index (χ3v) is 4.79. The van der Waals surface area contributed by atoms with Crippen LogP contribution in [-0.2, 0) is 0 Å². The van der Waals surface area contributed by atoms with Crippen molar-refractivity contribution in [1.82, 2.24) is 0 Å². The number of rotatable bonds is 6. The average Bonchev–Trinajstić information content (AvgIpc) is 2.16. The minimum Gasteiger partial charge on any atom is -0.0686 e. The van der Waals surface area contributed by atoms with Gasteiger partial charge in [0.25, 0.3) is 0 Å². The molecular formula is C14H29B. The SMILES string of the molecule is [B]C(C)(C)C(C)[C@](C)(CC)C(CC)CC. The second kappa shape index (κ2) is 5.41. The van der Waals surface area contributed by atoms with Gasteiger partial charge in [0.2, 0.25) is 0 Å². The van der Waals surface area contributed by atoms with Crippen LogP contribution in [0.2, 0.25) is 5.31 Å². The Bertz CT molecular complexity index is 176. The smallest absolute Gasteiger partial charge is 0.0686 e. The fourth-order valence-corrected chi connectivity index (χ4v) is 3.02. The molecule has 2 radical (unpaired) electrons. The molecule has 0 bridgehead atoms. The van der Waals surface area contributed by atoms with Gasteiger partial charge < -0.3 is 0 Å². The Balaban J connectivity index is 4.98. The van der Waals surface area contributed by atoms with Crippen molar-refractivity contribution in [3.63, 3.8) is 0 Å². The molecule has 0 N–H and O–H groups in total. The topological polar surface area (TPSA) is 0 Å². The van der Waals surface area contributed by atoms with E-state index in [4.69, 9.17) is 7.85 Å². The molecule has 0 spiro atoms. The zero-order valence-electron chi connectivity index (χ0n) is 11.9. The molecule has 0 nitrogen and oxygen atoms in total. The van der Waals surface area contributed by atoms with Crippen molar-refractivity contribution in [2.75, 3.05) is 0 Å². The summed E-state index contributed by atoms with van der Waals surface area (Å²) in [5.41, 5.74) is 0.377. The Hall–Kier alpha value is 0.0649. The first-order valence-corrected chi connectivity index (χ1v) is 6.52. The van der Waals surface area contributed by atoms with E-state index in [9.17, 15) is 0 Å². The minimum absolute atomic E-state index is 0.0760. The molecule has 0 rings (SSSR count). The molecule has 0 saturated carbocycles. The lowest BCUT2D eigenvalue weighted by molar-refractivity contribution is 0.0657. The lowest BCUT2D eigenvalue weighted by Gasteiger charge is -2.48. The normalized spacial score (nSPS) is 18.9. The summed E-state index contributed by atoms with van der Waals surface area (Å²) in [6.45, 7) is 16.0. The van der Waals surface area contributed by atoms with Crippen LogP contribution in [0.1, 0.15) is 67.7 Å². The summed E-state index contributed by atoms with van der Waals surface area (Å²) >= 11 is 0. The molecule has 1 heteroatoms. The molecule has 2 atom stereocenters. The third kappa shape index (κ3) is 3.26. The third-order valence-electron chi connectivity index (χ3n) is 4.79. The van der Waals surface area contributed by atoms with Crippen LogP contribution in [0.15, 0.2) is 0 Å². The van der Waals surface area contributed by atoms with Gasteiger partial charge in [0, 0.05) is 0 Å². The molecule has 0 fully saturated rings. The summed E-state index contributed by atoms with van der Waals surface area (Å²) in [4.78, 5) is 0. The molecule has 0 aromatic rings. The second-order valence-corrected chi connectivity index (χ2v) is 5.92. The van der Waals surface area contributed by atoms with Gasteiger partial charge in [0.05, 0.1) is 7.85 Å². The zero-order valence-corrected chi connectivity index (χ0v) is 11.9. The number of hydrogen-bond acceptors (Lipinski definition) is 0. The van der Waals surface area contributed by atoms with Gasteiger partial charge in [0.1, 0.15) is 0 Å². The van der Waals surface area contributed by atoms with Gasteiger partial charge in [0.15, 0.2) is 0 Å². The molecule has 0 aromatic heterocycles. The first kappa shape index (κ1) is 15.1. The van der Waals surface area contributed by atoms with E-state index in [-0.39, 0.29) is 5.31 Å². The van der Waals surface area contributed by atoms with Crippen LogP contribution in [0.4, 0.5) is 0 Å². The largest absolute Gasteiger partial charge is 0.0742 e. The molecule has 0 aliphatic carbocycles. The summed E-state index contributed by atoms with van der Waals surface area (Å²) in [5, 5.41) is -0.0760. The Morgan fingerprint density at radius 1 is 1.00 bits per heavy atom. The lowest BCUT2D eigenvalue weighted by Crippen LogP contribution is -2.38. The van der Waals surface area contributed by atoms with Gasteiger partial charge in [-0.25, -0.2) is 0 Å². The van der Waals surface area contributed by atoms with Crippen LogP contribution >= 0.6 is 0 Å². The first-order valence-electron chi connectivity index (χ1n) is 6.52. The molecule has 15 heavy (non-hydrogen) atoms. The molecule has 0 aliphatic rings. The minimum atomic E-state index is -0.0760. The highest BCUT2D eigenvalue weighted by Gasteiger charge is 2.40.